The molecule has 0 fully saturated rings. The molecule has 0 aliphatic carbocycles. The van der Waals surface area contributed by atoms with Crippen LogP contribution in [0.25, 0.3) is 22.8 Å². The first-order chi connectivity index (χ1) is 11.4. The van der Waals surface area contributed by atoms with Crippen molar-refractivity contribution in [3.05, 3.63) is 66.4 Å². The summed E-state index contributed by atoms with van der Waals surface area (Å²) in [5.41, 5.74) is 0.736. The van der Waals surface area contributed by atoms with E-state index in [1.54, 1.807) is 6.92 Å². The molecule has 0 aliphatic rings. The predicted molar refractivity (Wildman–Crippen MR) is 75.4 cm³/mol. The molecule has 0 saturated heterocycles. The Morgan fingerprint density at radius 2 is 1.42 bits per heavy atom. The van der Waals surface area contributed by atoms with Crippen LogP contribution in [0.3, 0.4) is 0 Å². The van der Waals surface area contributed by atoms with Gasteiger partial charge in [0.25, 0.3) is 0 Å². The Bertz CT molecular complexity index is 900. The zero-order valence-corrected chi connectivity index (χ0v) is 10.2. The molecule has 0 unspecified atom stereocenters. The van der Waals surface area contributed by atoms with Gasteiger partial charge in [0.05, 0.1) is 6.85 Å². The normalized spacial score (nSPS) is 14.1. The van der Waals surface area contributed by atoms with E-state index in [1.807, 2.05) is 30.3 Å². The highest BCUT2D eigenvalue weighted by Gasteiger charge is 2.07. The van der Waals surface area contributed by atoms with Gasteiger partial charge in [0, 0.05) is 11.1 Å². The molecule has 3 rings (SSSR count). The summed E-state index contributed by atoms with van der Waals surface area (Å²) >= 11 is 0. The van der Waals surface area contributed by atoms with E-state index in [4.69, 9.17) is 6.85 Å². The minimum Gasteiger partial charge on any atom is -0.213 e. The molecule has 0 atom stereocenters. The van der Waals surface area contributed by atoms with Crippen LogP contribution in [0.1, 0.15) is 12.7 Å². The number of aromatic nitrogens is 3. The Kier molecular flexibility index (Phi) is 1.87. The van der Waals surface area contributed by atoms with E-state index in [-0.39, 0.29) is 23.5 Å². The highest BCUT2D eigenvalue weighted by molar-refractivity contribution is 5.60. The van der Waals surface area contributed by atoms with Crippen LogP contribution in [-0.4, -0.2) is 15.0 Å². The van der Waals surface area contributed by atoms with E-state index >= 15 is 0 Å². The van der Waals surface area contributed by atoms with Crippen molar-refractivity contribution in [3.8, 4) is 22.8 Å². The van der Waals surface area contributed by atoms with Gasteiger partial charge < -0.3 is 0 Å². The average molecular weight is 252 g/mol. The van der Waals surface area contributed by atoms with E-state index in [9.17, 15) is 0 Å². The second-order valence-electron chi connectivity index (χ2n) is 3.90. The summed E-state index contributed by atoms with van der Waals surface area (Å²) in [5, 5.41) is 0. The Morgan fingerprint density at radius 3 is 2.11 bits per heavy atom. The SMILES string of the molecule is [2H]c1c([2H])c([2H])c(-c2nc(C)nc(-c3ccccc3)n2)c([2H])c1[2H]. The largest absolute Gasteiger partial charge is 0.213 e. The fraction of sp³-hybridized carbons (Fsp3) is 0.0625. The van der Waals surface area contributed by atoms with Crippen molar-refractivity contribution >= 4 is 0 Å². The van der Waals surface area contributed by atoms with E-state index in [0.29, 0.717) is 11.6 Å². The molecule has 0 saturated carbocycles. The van der Waals surface area contributed by atoms with Crippen molar-refractivity contribution in [2.45, 2.75) is 6.92 Å². The molecule has 0 amide bonds. The molecule has 2 aromatic carbocycles. The topological polar surface area (TPSA) is 38.7 Å². The summed E-state index contributed by atoms with van der Waals surface area (Å²) in [6, 6.07) is 7.31. The van der Waals surface area contributed by atoms with Gasteiger partial charge in [-0.1, -0.05) is 60.5 Å². The maximum absolute atomic E-state index is 8.05. The third-order valence-electron chi connectivity index (χ3n) is 2.50. The second kappa shape index (κ2) is 4.98. The molecule has 1 heterocycles. The van der Waals surface area contributed by atoms with Gasteiger partial charge in [-0.15, -0.1) is 0 Å². The van der Waals surface area contributed by atoms with Crippen LogP contribution < -0.4 is 0 Å². The lowest BCUT2D eigenvalue weighted by molar-refractivity contribution is 0.992. The molecule has 19 heavy (non-hydrogen) atoms. The maximum atomic E-state index is 8.05. The van der Waals surface area contributed by atoms with E-state index in [2.05, 4.69) is 15.0 Å². The highest BCUT2D eigenvalue weighted by atomic mass is 15.0. The molecule has 1 aromatic heterocycles. The molecular weight excluding hydrogens is 234 g/mol. The van der Waals surface area contributed by atoms with Gasteiger partial charge in [0.1, 0.15) is 5.82 Å². The zero-order chi connectivity index (χ0) is 17.4. The van der Waals surface area contributed by atoms with Crippen LogP contribution >= 0.6 is 0 Å². The minimum atomic E-state index is -0.442. The number of aryl methyl sites for hydroxylation is 1. The first kappa shape index (κ1) is 7.14. The molecule has 0 aliphatic heterocycles. The quantitative estimate of drug-likeness (QED) is 0.700. The summed E-state index contributed by atoms with van der Waals surface area (Å²) in [4.78, 5) is 12.8. The Morgan fingerprint density at radius 1 is 0.789 bits per heavy atom. The van der Waals surface area contributed by atoms with Crippen LogP contribution in [0.15, 0.2) is 60.5 Å². The van der Waals surface area contributed by atoms with Gasteiger partial charge in [-0.3, -0.25) is 0 Å². The Labute approximate surface area is 119 Å². The summed E-state index contributed by atoms with van der Waals surface area (Å²) in [6.45, 7) is 1.67. The fourth-order valence-corrected chi connectivity index (χ4v) is 1.67. The molecule has 92 valence electrons. The lowest BCUT2D eigenvalue weighted by Gasteiger charge is -2.05. The Hall–Kier alpha value is -2.55. The van der Waals surface area contributed by atoms with Crippen LogP contribution in [0.2, 0.25) is 0 Å². The van der Waals surface area contributed by atoms with E-state index < -0.39 is 18.1 Å². The van der Waals surface area contributed by atoms with Crippen LogP contribution in [0, 0.1) is 6.92 Å². The summed E-state index contributed by atoms with van der Waals surface area (Å²) < 4.78 is 39.3. The van der Waals surface area contributed by atoms with Gasteiger partial charge in [-0.05, 0) is 6.92 Å². The highest BCUT2D eigenvalue weighted by Crippen LogP contribution is 2.19. The van der Waals surface area contributed by atoms with Crippen LogP contribution in [0.5, 0.6) is 0 Å². The molecule has 0 spiro atoms. The molecule has 0 bridgehead atoms. The Balaban J connectivity index is 2.27. The van der Waals surface area contributed by atoms with E-state index in [1.165, 1.54) is 0 Å². The standard InChI is InChI=1S/C16H13N3/c1-12-17-15(13-8-4-2-5-9-13)19-16(18-12)14-10-6-3-7-11-14/h2-11H,1H3/i2D,4D,5D,8D,9D. The van der Waals surface area contributed by atoms with Crippen molar-refractivity contribution in [3.63, 3.8) is 0 Å². The van der Waals surface area contributed by atoms with Gasteiger partial charge in [0.15, 0.2) is 11.6 Å². The van der Waals surface area contributed by atoms with Gasteiger partial charge in [-0.2, -0.15) is 0 Å². The van der Waals surface area contributed by atoms with E-state index in [0.717, 1.165) is 5.56 Å². The first-order valence-corrected chi connectivity index (χ1v) is 5.75. The monoisotopic (exact) mass is 252 g/mol. The summed E-state index contributed by atoms with van der Waals surface area (Å²) in [5.74, 6) is 0.869. The summed E-state index contributed by atoms with van der Waals surface area (Å²) in [6.07, 6.45) is 0. The number of hydrogen-bond donors (Lipinski definition) is 0. The predicted octanol–water partition coefficient (Wildman–Crippen LogP) is 3.51. The lowest BCUT2D eigenvalue weighted by Crippen LogP contribution is -1.99. The van der Waals surface area contributed by atoms with Crippen molar-refractivity contribution in [1.29, 1.82) is 0 Å². The van der Waals surface area contributed by atoms with Gasteiger partial charge >= 0.3 is 0 Å². The molecule has 3 aromatic rings. The second-order valence-corrected chi connectivity index (χ2v) is 3.90. The third-order valence-corrected chi connectivity index (χ3v) is 2.50. The smallest absolute Gasteiger partial charge is 0.163 e. The van der Waals surface area contributed by atoms with Crippen molar-refractivity contribution in [2.75, 3.05) is 0 Å². The van der Waals surface area contributed by atoms with Crippen LogP contribution in [0.4, 0.5) is 0 Å². The summed E-state index contributed by atoms with van der Waals surface area (Å²) in [7, 11) is 0. The first-order valence-electron chi connectivity index (χ1n) is 8.25. The number of nitrogens with zero attached hydrogens (tertiary/aromatic N) is 3. The number of hydrogen-bond acceptors (Lipinski definition) is 3. The van der Waals surface area contributed by atoms with Gasteiger partial charge in [-0.25, -0.2) is 15.0 Å². The third kappa shape index (κ3) is 2.50. The number of rotatable bonds is 2. The fourth-order valence-electron chi connectivity index (χ4n) is 1.67. The number of benzene rings is 2. The molecule has 3 heteroatoms. The van der Waals surface area contributed by atoms with Crippen molar-refractivity contribution in [1.82, 2.24) is 15.0 Å². The molecular formula is C16H13N3. The maximum Gasteiger partial charge on any atom is 0.163 e. The van der Waals surface area contributed by atoms with Gasteiger partial charge in [0.2, 0.25) is 0 Å². The minimum absolute atomic E-state index is 0.0244. The average Bonchev–Trinajstić information content (AvgIpc) is 2.59. The molecule has 0 N–H and O–H groups in total. The van der Waals surface area contributed by atoms with Crippen molar-refractivity contribution in [2.24, 2.45) is 0 Å². The molecule has 0 radical (unpaired) electrons. The zero-order valence-electron chi connectivity index (χ0n) is 15.2. The molecule has 3 nitrogen and oxygen atoms in total. The van der Waals surface area contributed by atoms with Crippen LogP contribution in [-0.2, 0) is 0 Å². The lowest BCUT2D eigenvalue weighted by atomic mass is 10.2. The van der Waals surface area contributed by atoms with Crippen molar-refractivity contribution < 1.29 is 6.85 Å².